The van der Waals surface area contributed by atoms with Gasteiger partial charge in [-0.05, 0) is 23.3 Å². The van der Waals surface area contributed by atoms with E-state index in [4.69, 9.17) is 0 Å². The SMILES string of the molecule is CN1C(=O)C(c2c[nH]c3ccccc23)c2ccccc21. The zero-order valence-electron chi connectivity index (χ0n) is 11.1. The Morgan fingerprint density at radius 1 is 1.00 bits per heavy atom. The van der Waals surface area contributed by atoms with Crippen LogP contribution in [0.4, 0.5) is 5.69 Å². The van der Waals surface area contributed by atoms with Crippen molar-refractivity contribution in [3.05, 3.63) is 65.9 Å². The molecular weight excluding hydrogens is 248 g/mol. The van der Waals surface area contributed by atoms with E-state index in [0.29, 0.717) is 0 Å². The largest absolute Gasteiger partial charge is 0.361 e. The molecule has 1 amide bonds. The molecule has 3 nitrogen and oxygen atoms in total. The fourth-order valence-corrected chi connectivity index (χ4v) is 3.12. The van der Waals surface area contributed by atoms with Gasteiger partial charge in [0.1, 0.15) is 0 Å². The lowest BCUT2D eigenvalue weighted by Crippen LogP contribution is -2.24. The molecule has 2 aromatic carbocycles. The standard InChI is InChI=1S/C17H14N2O/c1-19-15-9-5-3-7-12(15)16(17(19)20)13-10-18-14-8-4-2-6-11(13)14/h2-10,16,18H,1H3. The topological polar surface area (TPSA) is 36.1 Å². The van der Waals surface area contributed by atoms with Gasteiger partial charge in [-0.2, -0.15) is 0 Å². The molecule has 1 aromatic heterocycles. The number of carbonyl (C=O) groups excluding carboxylic acids is 1. The summed E-state index contributed by atoms with van der Waals surface area (Å²) in [5.74, 6) is -0.0664. The van der Waals surface area contributed by atoms with E-state index >= 15 is 0 Å². The monoisotopic (exact) mass is 262 g/mol. The van der Waals surface area contributed by atoms with Crippen molar-refractivity contribution in [3.63, 3.8) is 0 Å². The van der Waals surface area contributed by atoms with Crippen LogP contribution in [-0.4, -0.2) is 17.9 Å². The third kappa shape index (κ3) is 1.37. The maximum absolute atomic E-state index is 12.6. The smallest absolute Gasteiger partial charge is 0.238 e. The molecule has 1 N–H and O–H groups in total. The van der Waals surface area contributed by atoms with Crippen LogP contribution in [0.5, 0.6) is 0 Å². The molecule has 0 saturated heterocycles. The molecule has 2 heterocycles. The Morgan fingerprint density at radius 3 is 2.65 bits per heavy atom. The van der Waals surface area contributed by atoms with Gasteiger partial charge in [0.15, 0.2) is 0 Å². The van der Waals surface area contributed by atoms with Crippen molar-refractivity contribution in [2.45, 2.75) is 5.92 Å². The Bertz CT molecular complexity index is 818. The number of benzene rings is 2. The molecule has 98 valence electrons. The maximum atomic E-state index is 12.6. The number of nitrogens with one attached hydrogen (secondary N) is 1. The van der Waals surface area contributed by atoms with Crippen LogP contribution in [0.15, 0.2) is 54.7 Å². The van der Waals surface area contributed by atoms with E-state index in [1.807, 2.05) is 55.7 Å². The minimum atomic E-state index is -0.202. The molecule has 4 rings (SSSR count). The second kappa shape index (κ2) is 3.97. The zero-order valence-corrected chi connectivity index (χ0v) is 11.1. The van der Waals surface area contributed by atoms with Gasteiger partial charge in [-0.15, -0.1) is 0 Å². The number of H-pyrrole nitrogens is 1. The van der Waals surface area contributed by atoms with Crippen LogP contribution in [0, 0.1) is 0 Å². The number of aromatic amines is 1. The third-order valence-corrected chi connectivity index (χ3v) is 4.12. The summed E-state index contributed by atoms with van der Waals surface area (Å²) >= 11 is 0. The van der Waals surface area contributed by atoms with Gasteiger partial charge in [-0.25, -0.2) is 0 Å². The number of hydrogen-bond donors (Lipinski definition) is 1. The zero-order chi connectivity index (χ0) is 13.7. The lowest BCUT2D eigenvalue weighted by Gasteiger charge is -2.10. The molecule has 3 aromatic rings. The molecule has 0 spiro atoms. The van der Waals surface area contributed by atoms with E-state index in [-0.39, 0.29) is 11.8 Å². The summed E-state index contributed by atoms with van der Waals surface area (Å²) in [6, 6.07) is 16.1. The summed E-state index contributed by atoms with van der Waals surface area (Å²) in [6.07, 6.45) is 1.96. The van der Waals surface area contributed by atoms with Crippen LogP contribution in [0.2, 0.25) is 0 Å². The van der Waals surface area contributed by atoms with Gasteiger partial charge in [-0.1, -0.05) is 36.4 Å². The third-order valence-electron chi connectivity index (χ3n) is 4.12. The number of carbonyl (C=O) groups is 1. The van der Waals surface area contributed by atoms with Gasteiger partial charge in [-0.3, -0.25) is 4.79 Å². The fraction of sp³-hybridized carbons (Fsp3) is 0.118. The molecule has 1 aliphatic rings. The predicted molar refractivity (Wildman–Crippen MR) is 80.0 cm³/mol. The summed E-state index contributed by atoms with van der Waals surface area (Å²) in [7, 11) is 1.84. The van der Waals surface area contributed by atoms with Crippen molar-refractivity contribution in [1.29, 1.82) is 0 Å². The van der Waals surface area contributed by atoms with E-state index in [0.717, 1.165) is 27.7 Å². The van der Waals surface area contributed by atoms with Gasteiger partial charge in [0.05, 0.1) is 5.92 Å². The second-order valence-electron chi connectivity index (χ2n) is 5.18. The van der Waals surface area contributed by atoms with Crippen molar-refractivity contribution in [2.75, 3.05) is 11.9 Å². The molecular formula is C17H14N2O. The van der Waals surface area contributed by atoms with Crippen molar-refractivity contribution in [3.8, 4) is 0 Å². The highest BCUT2D eigenvalue weighted by Crippen LogP contribution is 2.42. The molecule has 0 fully saturated rings. The quantitative estimate of drug-likeness (QED) is 0.717. The summed E-state index contributed by atoms with van der Waals surface area (Å²) in [4.78, 5) is 17.6. The van der Waals surface area contributed by atoms with E-state index < -0.39 is 0 Å². The Hall–Kier alpha value is -2.55. The molecule has 0 aliphatic carbocycles. The molecule has 0 saturated carbocycles. The first-order valence-electron chi connectivity index (χ1n) is 6.70. The van der Waals surface area contributed by atoms with E-state index in [1.165, 1.54) is 0 Å². The lowest BCUT2D eigenvalue weighted by atomic mass is 9.92. The van der Waals surface area contributed by atoms with E-state index in [9.17, 15) is 4.79 Å². The number of likely N-dealkylation sites (N-methyl/N-ethyl adjacent to an activating group) is 1. The van der Waals surface area contributed by atoms with Crippen LogP contribution >= 0.6 is 0 Å². The molecule has 0 bridgehead atoms. The molecule has 1 atom stereocenters. The maximum Gasteiger partial charge on any atom is 0.238 e. The normalized spacial score (nSPS) is 17.8. The fourth-order valence-electron chi connectivity index (χ4n) is 3.12. The van der Waals surface area contributed by atoms with Gasteiger partial charge >= 0.3 is 0 Å². The van der Waals surface area contributed by atoms with Crippen molar-refractivity contribution >= 4 is 22.5 Å². The number of anilines is 1. The predicted octanol–water partition coefficient (Wildman–Crippen LogP) is 3.28. The summed E-state index contributed by atoms with van der Waals surface area (Å²) in [5, 5.41) is 1.12. The number of aromatic nitrogens is 1. The van der Waals surface area contributed by atoms with E-state index in [2.05, 4.69) is 11.1 Å². The summed E-state index contributed by atoms with van der Waals surface area (Å²) in [5.41, 5.74) is 4.22. The van der Waals surface area contributed by atoms with Gasteiger partial charge < -0.3 is 9.88 Å². The molecule has 3 heteroatoms. The number of fused-ring (bicyclic) bond motifs is 2. The Balaban J connectivity index is 1.97. The average Bonchev–Trinajstić information content (AvgIpc) is 3.01. The van der Waals surface area contributed by atoms with Crippen LogP contribution in [-0.2, 0) is 4.79 Å². The summed E-state index contributed by atoms with van der Waals surface area (Å²) < 4.78 is 0. The van der Waals surface area contributed by atoms with Crippen LogP contribution in [0.3, 0.4) is 0 Å². The first kappa shape index (κ1) is 11.3. The number of amides is 1. The van der Waals surface area contributed by atoms with Crippen molar-refractivity contribution in [2.24, 2.45) is 0 Å². The van der Waals surface area contributed by atoms with Crippen molar-refractivity contribution in [1.82, 2.24) is 4.98 Å². The van der Waals surface area contributed by atoms with Crippen LogP contribution in [0.25, 0.3) is 10.9 Å². The number of para-hydroxylation sites is 2. The average molecular weight is 262 g/mol. The lowest BCUT2D eigenvalue weighted by molar-refractivity contribution is -0.118. The highest BCUT2D eigenvalue weighted by Gasteiger charge is 2.37. The minimum absolute atomic E-state index is 0.135. The molecule has 1 unspecified atom stereocenters. The van der Waals surface area contributed by atoms with Crippen LogP contribution < -0.4 is 4.90 Å². The van der Waals surface area contributed by atoms with Gasteiger partial charge in [0.2, 0.25) is 5.91 Å². The first-order chi connectivity index (χ1) is 9.77. The number of hydrogen-bond acceptors (Lipinski definition) is 1. The van der Waals surface area contributed by atoms with E-state index in [1.54, 1.807) is 4.90 Å². The van der Waals surface area contributed by atoms with Crippen molar-refractivity contribution < 1.29 is 4.79 Å². The first-order valence-corrected chi connectivity index (χ1v) is 6.70. The highest BCUT2D eigenvalue weighted by molar-refractivity contribution is 6.08. The molecule has 1 aliphatic heterocycles. The Labute approximate surface area is 116 Å². The molecule has 20 heavy (non-hydrogen) atoms. The highest BCUT2D eigenvalue weighted by atomic mass is 16.2. The number of nitrogens with zero attached hydrogens (tertiary/aromatic N) is 1. The molecule has 0 radical (unpaired) electrons. The van der Waals surface area contributed by atoms with Gasteiger partial charge in [0, 0.05) is 29.8 Å². The Morgan fingerprint density at radius 2 is 1.75 bits per heavy atom. The Kier molecular flexibility index (Phi) is 2.24. The number of rotatable bonds is 1. The second-order valence-corrected chi connectivity index (χ2v) is 5.18. The van der Waals surface area contributed by atoms with Crippen LogP contribution in [0.1, 0.15) is 17.0 Å². The summed E-state index contributed by atoms with van der Waals surface area (Å²) in [6.45, 7) is 0. The van der Waals surface area contributed by atoms with Gasteiger partial charge in [0.25, 0.3) is 0 Å². The minimum Gasteiger partial charge on any atom is -0.361 e.